The average Bonchev–Trinajstić information content (AvgIpc) is 2.88. The van der Waals surface area contributed by atoms with Gasteiger partial charge in [-0.15, -0.1) is 0 Å². The number of carbonyl (C=O) groups is 1. The van der Waals surface area contributed by atoms with Crippen LogP contribution in [0, 0.1) is 0 Å². The van der Waals surface area contributed by atoms with Crippen molar-refractivity contribution in [3.8, 4) is 5.75 Å². The Labute approximate surface area is 215 Å². The number of aliphatic imine (C=N–C) groups is 1. The lowest BCUT2D eigenvalue weighted by atomic mass is 9.98. The maximum atomic E-state index is 13.0. The highest BCUT2D eigenvalue weighted by Crippen LogP contribution is 2.26. The molecule has 1 aliphatic heterocycles. The van der Waals surface area contributed by atoms with Gasteiger partial charge in [-0.1, -0.05) is 60.3 Å². The molecule has 2 N–H and O–H groups in total. The molecule has 7 nitrogen and oxygen atoms in total. The number of thioether (sulfide) groups is 1. The number of hydrogen-bond acceptors (Lipinski definition) is 7. The number of hydrogen-bond donors (Lipinski definition) is 2. The molecule has 0 radical (unpaired) electrons. The van der Waals surface area contributed by atoms with Crippen LogP contribution in [0.25, 0.3) is 0 Å². The number of ether oxygens (including phenoxy) is 1. The van der Waals surface area contributed by atoms with Gasteiger partial charge >= 0.3 is 5.97 Å². The number of nitrogens with zero attached hydrogens (tertiary/aromatic N) is 1. The van der Waals surface area contributed by atoms with Gasteiger partial charge in [-0.05, 0) is 41.8 Å². The summed E-state index contributed by atoms with van der Waals surface area (Å²) in [5, 5.41) is 13.5. The quantitative estimate of drug-likeness (QED) is 0.375. The van der Waals surface area contributed by atoms with Crippen molar-refractivity contribution in [3.63, 3.8) is 0 Å². The van der Waals surface area contributed by atoms with Crippen molar-refractivity contribution in [2.24, 2.45) is 4.99 Å². The van der Waals surface area contributed by atoms with Gasteiger partial charge in [0.25, 0.3) is 0 Å². The molecule has 0 aliphatic carbocycles. The van der Waals surface area contributed by atoms with E-state index in [9.17, 15) is 18.3 Å². The Morgan fingerprint density at radius 1 is 1.06 bits per heavy atom. The largest absolute Gasteiger partial charge is 0.489 e. The van der Waals surface area contributed by atoms with Crippen molar-refractivity contribution in [3.05, 3.63) is 90.0 Å². The normalized spacial score (nSPS) is 14.5. The summed E-state index contributed by atoms with van der Waals surface area (Å²) >= 11 is 1.70. The Kier molecular flexibility index (Phi) is 8.66. The Balaban J connectivity index is 1.38. The van der Waals surface area contributed by atoms with E-state index in [1.54, 1.807) is 60.3 Å². The molecule has 36 heavy (non-hydrogen) atoms. The maximum absolute atomic E-state index is 13.0. The molecular weight excluding hydrogens is 496 g/mol. The second-order valence-corrected chi connectivity index (χ2v) is 11.6. The first-order valence-corrected chi connectivity index (χ1v) is 14.3. The molecule has 1 unspecified atom stereocenters. The fraction of sp³-hybridized carbons (Fsp3) is 0.259. The van der Waals surface area contributed by atoms with E-state index in [0.29, 0.717) is 11.3 Å². The number of aliphatic carboxylic acids is 1. The van der Waals surface area contributed by atoms with Crippen LogP contribution in [0.3, 0.4) is 0 Å². The first-order chi connectivity index (χ1) is 17.4. The molecule has 3 aromatic rings. The molecule has 0 saturated carbocycles. The Bertz CT molecular complexity index is 1310. The van der Waals surface area contributed by atoms with Gasteiger partial charge in [0.05, 0.1) is 17.1 Å². The number of benzene rings is 3. The highest BCUT2D eigenvalue weighted by atomic mass is 32.2. The topological polar surface area (TPSA) is 105 Å². The lowest BCUT2D eigenvalue weighted by molar-refractivity contribution is -0.137. The van der Waals surface area contributed by atoms with Gasteiger partial charge in [0.1, 0.15) is 12.4 Å². The van der Waals surface area contributed by atoms with Gasteiger partial charge < -0.3 is 15.2 Å². The summed E-state index contributed by atoms with van der Waals surface area (Å²) in [5.41, 5.74) is 2.42. The minimum atomic E-state index is -3.68. The third-order valence-electron chi connectivity index (χ3n) is 5.68. The van der Waals surface area contributed by atoms with E-state index in [-0.39, 0.29) is 23.7 Å². The summed E-state index contributed by atoms with van der Waals surface area (Å²) in [6, 6.07) is 23.1. The second-order valence-electron chi connectivity index (χ2n) is 8.46. The summed E-state index contributed by atoms with van der Waals surface area (Å²) in [6.07, 6.45) is 0.837. The minimum Gasteiger partial charge on any atom is -0.489 e. The van der Waals surface area contributed by atoms with E-state index in [4.69, 9.17) is 4.74 Å². The van der Waals surface area contributed by atoms with Crippen LogP contribution in [-0.2, 0) is 21.2 Å². The van der Waals surface area contributed by atoms with E-state index >= 15 is 0 Å². The average molecular weight is 525 g/mol. The number of nitrogens with one attached hydrogen (secondary N) is 1. The number of rotatable bonds is 10. The van der Waals surface area contributed by atoms with Gasteiger partial charge in [0.2, 0.25) is 0 Å². The van der Waals surface area contributed by atoms with Crippen molar-refractivity contribution in [2.45, 2.75) is 30.3 Å². The summed E-state index contributed by atoms with van der Waals surface area (Å²) in [4.78, 5) is 16.0. The van der Waals surface area contributed by atoms with Crippen LogP contribution < -0.4 is 10.1 Å². The molecule has 1 atom stereocenters. The number of sulfone groups is 1. The van der Waals surface area contributed by atoms with E-state index in [2.05, 4.69) is 10.3 Å². The van der Waals surface area contributed by atoms with Gasteiger partial charge in [0, 0.05) is 30.0 Å². The molecule has 4 rings (SSSR count). The summed E-state index contributed by atoms with van der Waals surface area (Å²) in [5.74, 6) is -0.188. The molecule has 3 aromatic carbocycles. The first kappa shape index (κ1) is 25.8. The first-order valence-electron chi connectivity index (χ1n) is 11.6. The molecule has 1 aliphatic rings. The highest BCUT2D eigenvalue weighted by Gasteiger charge is 2.24. The molecule has 0 bridgehead atoms. The van der Waals surface area contributed by atoms with E-state index in [1.165, 1.54) is 0 Å². The number of anilines is 1. The van der Waals surface area contributed by atoms with Gasteiger partial charge in [-0.25, -0.2) is 8.42 Å². The number of carboxylic acids is 1. The SMILES string of the molecule is O=C(O)CC(CS(=O)(=O)c1ccc(COc2cccc(NC3=NCCCS3)c2)cc1)c1ccccc1. The summed E-state index contributed by atoms with van der Waals surface area (Å²) in [7, 11) is -3.68. The van der Waals surface area contributed by atoms with Crippen LogP contribution in [0.1, 0.15) is 29.9 Å². The van der Waals surface area contributed by atoms with Gasteiger partial charge in [-0.3, -0.25) is 9.79 Å². The third-order valence-corrected chi connectivity index (χ3v) is 8.51. The third kappa shape index (κ3) is 7.35. The Morgan fingerprint density at radius 2 is 1.83 bits per heavy atom. The monoisotopic (exact) mass is 524 g/mol. The maximum Gasteiger partial charge on any atom is 0.303 e. The Morgan fingerprint density at radius 3 is 2.53 bits per heavy atom. The molecule has 1 heterocycles. The number of carboxylic acid groups (broad SMARTS) is 1. The molecule has 0 saturated heterocycles. The van der Waals surface area contributed by atoms with Crippen molar-refractivity contribution in [2.75, 3.05) is 23.4 Å². The van der Waals surface area contributed by atoms with Crippen LogP contribution in [0.5, 0.6) is 5.75 Å². The molecule has 0 spiro atoms. The van der Waals surface area contributed by atoms with Crippen molar-refractivity contribution >= 4 is 38.4 Å². The molecule has 0 aromatic heterocycles. The zero-order valence-corrected chi connectivity index (χ0v) is 21.3. The number of amidine groups is 1. The van der Waals surface area contributed by atoms with Crippen LogP contribution in [0.4, 0.5) is 5.69 Å². The fourth-order valence-corrected chi connectivity index (χ4v) is 6.27. The zero-order chi connectivity index (χ0) is 25.4. The van der Waals surface area contributed by atoms with E-state index in [0.717, 1.165) is 35.1 Å². The van der Waals surface area contributed by atoms with Crippen molar-refractivity contribution in [1.29, 1.82) is 0 Å². The Hall–Kier alpha value is -3.30. The summed E-state index contributed by atoms with van der Waals surface area (Å²) < 4.78 is 32.0. The fourth-order valence-electron chi connectivity index (χ4n) is 3.85. The zero-order valence-electron chi connectivity index (χ0n) is 19.7. The van der Waals surface area contributed by atoms with Crippen molar-refractivity contribution in [1.82, 2.24) is 0 Å². The van der Waals surface area contributed by atoms with Crippen molar-refractivity contribution < 1.29 is 23.1 Å². The molecular formula is C27H28N2O5S2. The van der Waals surface area contributed by atoms with Gasteiger partial charge in [0.15, 0.2) is 15.0 Å². The standard InChI is InChI=1S/C27H28N2O5S2/c30-26(31)16-22(21-6-2-1-3-7-21)19-36(32,33)25-12-10-20(11-13-25)18-34-24-9-4-8-23(17-24)29-27-28-14-5-15-35-27/h1-4,6-13,17,22H,5,14-16,18-19H2,(H,28,29)(H,30,31). The van der Waals surface area contributed by atoms with Crippen LogP contribution in [-0.4, -0.2) is 42.7 Å². The molecule has 188 valence electrons. The highest BCUT2D eigenvalue weighted by molar-refractivity contribution is 8.14. The molecule has 0 amide bonds. The summed E-state index contributed by atoms with van der Waals surface area (Å²) in [6.45, 7) is 1.12. The van der Waals surface area contributed by atoms with E-state index in [1.807, 2.05) is 30.3 Å². The predicted octanol–water partition coefficient (Wildman–Crippen LogP) is 5.20. The lowest BCUT2D eigenvalue weighted by Crippen LogP contribution is -2.18. The van der Waals surface area contributed by atoms with Gasteiger partial charge in [-0.2, -0.15) is 0 Å². The smallest absolute Gasteiger partial charge is 0.303 e. The molecule has 0 fully saturated rings. The van der Waals surface area contributed by atoms with Crippen LogP contribution in [0.2, 0.25) is 0 Å². The van der Waals surface area contributed by atoms with Crippen LogP contribution in [0.15, 0.2) is 88.8 Å². The minimum absolute atomic E-state index is 0.162. The lowest BCUT2D eigenvalue weighted by Gasteiger charge is -2.16. The van der Waals surface area contributed by atoms with E-state index < -0.39 is 21.7 Å². The second kappa shape index (κ2) is 12.1. The predicted molar refractivity (Wildman–Crippen MR) is 144 cm³/mol. The van der Waals surface area contributed by atoms with Crippen LogP contribution >= 0.6 is 11.8 Å². The molecule has 9 heteroatoms.